The number of hydrogen-bond donors (Lipinski definition) is 0. The smallest absolute Gasteiger partial charge is 0.302 e. The molecule has 0 saturated carbocycles. The van der Waals surface area contributed by atoms with Gasteiger partial charge in [0.1, 0.15) is 6.61 Å². The molecule has 4 unspecified atom stereocenters. The Morgan fingerprint density at radius 3 is 1.46 bits per heavy atom. The van der Waals surface area contributed by atoms with Gasteiger partial charge in [0.05, 0.1) is 44.2 Å². The van der Waals surface area contributed by atoms with Crippen LogP contribution in [0.5, 0.6) is 0 Å². The average Bonchev–Trinajstić information content (AvgIpc) is 2.56. The predicted octanol–water partition coefficient (Wildman–Crippen LogP) is 2.06. The molecule has 0 aromatic heterocycles. The number of ether oxygens (including phenoxy) is 6. The minimum atomic E-state index is -0.282. The largest absolute Gasteiger partial charge is 0.463 e. The quantitative estimate of drug-likeness (QED) is 0.498. The summed E-state index contributed by atoms with van der Waals surface area (Å²) in [5.41, 5.74) is 0. The molecule has 4 atom stereocenters. The minimum Gasteiger partial charge on any atom is -0.463 e. The number of carbonyl (C=O) groups excluding carboxylic acids is 1. The number of carbonyl (C=O) groups is 1. The van der Waals surface area contributed by atoms with Crippen LogP contribution in [0.15, 0.2) is 0 Å². The topological polar surface area (TPSA) is 72.5 Å². The molecule has 7 nitrogen and oxygen atoms in total. The van der Waals surface area contributed by atoms with Crippen molar-refractivity contribution in [3.8, 4) is 0 Å². The fraction of sp³-hybridized carbons (Fsp3) is 0.941. The highest BCUT2D eigenvalue weighted by atomic mass is 16.6. The van der Waals surface area contributed by atoms with Gasteiger partial charge in [0.25, 0.3) is 0 Å². The van der Waals surface area contributed by atoms with Gasteiger partial charge in [-0.2, -0.15) is 0 Å². The highest BCUT2D eigenvalue weighted by Gasteiger charge is 2.07. The second kappa shape index (κ2) is 17.1. The number of hydrogen-bond acceptors (Lipinski definition) is 7. The van der Waals surface area contributed by atoms with Crippen LogP contribution in [0.4, 0.5) is 0 Å². The first-order chi connectivity index (χ1) is 11.3. The van der Waals surface area contributed by atoms with E-state index in [2.05, 4.69) is 0 Å². The van der Waals surface area contributed by atoms with Crippen molar-refractivity contribution in [2.45, 2.75) is 59.0 Å². The standard InChI is InChI=1S/C9H18O4.C8H18O3/c1-7(11-4)5-12-8(2)6-13-9(3)10;1-7(10-4)6-11-8(2)5-9-3/h7-8H,5-6H2,1-4H3;7-8H,5-6H2,1-4H3. The highest BCUT2D eigenvalue weighted by molar-refractivity contribution is 5.65. The summed E-state index contributed by atoms with van der Waals surface area (Å²) in [5, 5.41) is 0. The Bertz CT molecular complexity index is 286. The molecular formula is C17H36O7. The van der Waals surface area contributed by atoms with Crippen LogP contribution in [0.25, 0.3) is 0 Å². The maximum Gasteiger partial charge on any atom is 0.302 e. The van der Waals surface area contributed by atoms with Gasteiger partial charge in [-0.05, 0) is 27.7 Å². The molecule has 0 heterocycles. The summed E-state index contributed by atoms with van der Waals surface area (Å²) in [6.45, 7) is 11.2. The molecule has 0 bridgehead atoms. The predicted molar refractivity (Wildman–Crippen MR) is 92.3 cm³/mol. The summed E-state index contributed by atoms with van der Waals surface area (Å²) in [7, 11) is 4.97. The Labute approximate surface area is 146 Å². The lowest BCUT2D eigenvalue weighted by molar-refractivity contribution is -0.145. The normalized spacial score (nSPS) is 15.7. The van der Waals surface area contributed by atoms with E-state index in [9.17, 15) is 4.79 Å². The summed E-state index contributed by atoms with van der Waals surface area (Å²) in [4.78, 5) is 10.4. The first-order valence-corrected chi connectivity index (χ1v) is 8.17. The van der Waals surface area contributed by atoms with E-state index in [1.165, 1.54) is 6.92 Å². The SMILES string of the molecule is COC(C)COC(C)COC(C)=O.COCC(C)OCC(C)OC. The number of methoxy groups -OCH3 is 3. The van der Waals surface area contributed by atoms with E-state index >= 15 is 0 Å². The molecule has 7 heteroatoms. The van der Waals surface area contributed by atoms with Crippen molar-refractivity contribution in [3.63, 3.8) is 0 Å². The Morgan fingerprint density at radius 1 is 0.708 bits per heavy atom. The van der Waals surface area contributed by atoms with E-state index < -0.39 is 0 Å². The second-order valence-electron chi connectivity index (χ2n) is 5.64. The van der Waals surface area contributed by atoms with Crippen LogP contribution in [0.3, 0.4) is 0 Å². The van der Waals surface area contributed by atoms with E-state index in [0.29, 0.717) is 26.4 Å². The Morgan fingerprint density at radius 2 is 1.12 bits per heavy atom. The third-order valence-electron chi connectivity index (χ3n) is 2.96. The summed E-state index contributed by atoms with van der Waals surface area (Å²) >= 11 is 0. The molecule has 24 heavy (non-hydrogen) atoms. The third-order valence-corrected chi connectivity index (χ3v) is 2.96. The summed E-state index contributed by atoms with van der Waals surface area (Å²) < 4.78 is 30.4. The third kappa shape index (κ3) is 19.3. The fourth-order valence-corrected chi connectivity index (χ4v) is 1.30. The molecule has 0 aliphatic rings. The van der Waals surface area contributed by atoms with Crippen LogP contribution in [0, 0.1) is 0 Å². The zero-order valence-corrected chi connectivity index (χ0v) is 16.5. The molecule has 0 aromatic rings. The lowest BCUT2D eigenvalue weighted by Crippen LogP contribution is -2.23. The molecule has 0 radical (unpaired) electrons. The minimum absolute atomic E-state index is 0.0692. The van der Waals surface area contributed by atoms with Gasteiger partial charge in [0.2, 0.25) is 0 Å². The van der Waals surface area contributed by atoms with Crippen LogP contribution >= 0.6 is 0 Å². The van der Waals surface area contributed by atoms with Gasteiger partial charge in [0, 0.05) is 28.3 Å². The molecule has 0 aliphatic carbocycles. The van der Waals surface area contributed by atoms with Gasteiger partial charge in [-0.3, -0.25) is 4.79 Å². The van der Waals surface area contributed by atoms with Crippen molar-refractivity contribution in [1.82, 2.24) is 0 Å². The van der Waals surface area contributed by atoms with E-state index in [-0.39, 0.29) is 30.4 Å². The molecule has 0 aliphatic heterocycles. The van der Waals surface area contributed by atoms with Crippen LogP contribution in [-0.4, -0.2) is 78.1 Å². The lowest BCUT2D eigenvalue weighted by Gasteiger charge is -2.15. The lowest BCUT2D eigenvalue weighted by atomic mass is 10.4. The second-order valence-corrected chi connectivity index (χ2v) is 5.64. The van der Waals surface area contributed by atoms with Gasteiger partial charge < -0.3 is 28.4 Å². The highest BCUT2D eigenvalue weighted by Crippen LogP contribution is 1.97. The van der Waals surface area contributed by atoms with Crippen LogP contribution in [-0.2, 0) is 33.2 Å². The fourth-order valence-electron chi connectivity index (χ4n) is 1.30. The molecule has 0 fully saturated rings. The van der Waals surface area contributed by atoms with Crippen LogP contribution in [0.2, 0.25) is 0 Å². The van der Waals surface area contributed by atoms with E-state index in [4.69, 9.17) is 28.4 Å². The van der Waals surface area contributed by atoms with Crippen molar-refractivity contribution in [2.75, 3.05) is 47.8 Å². The molecule has 0 aromatic carbocycles. The van der Waals surface area contributed by atoms with Crippen molar-refractivity contribution < 1.29 is 33.2 Å². The van der Waals surface area contributed by atoms with E-state index in [1.807, 2.05) is 27.7 Å². The zero-order chi connectivity index (χ0) is 19.0. The van der Waals surface area contributed by atoms with Gasteiger partial charge in [-0.1, -0.05) is 0 Å². The van der Waals surface area contributed by atoms with Gasteiger partial charge >= 0.3 is 5.97 Å². The maximum atomic E-state index is 10.4. The summed E-state index contributed by atoms with van der Waals surface area (Å²) in [6, 6.07) is 0. The van der Waals surface area contributed by atoms with Gasteiger partial charge in [-0.15, -0.1) is 0 Å². The Balaban J connectivity index is 0. The van der Waals surface area contributed by atoms with Gasteiger partial charge in [-0.25, -0.2) is 0 Å². The van der Waals surface area contributed by atoms with Crippen LogP contribution < -0.4 is 0 Å². The molecule has 0 spiro atoms. The van der Waals surface area contributed by atoms with E-state index in [0.717, 1.165) is 0 Å². The first kappa shape index (κ1) is 25.5. The van der Waals surface area contributed by atoms with Crippen molar-refractivity contribution in [2.24, 2.45) is 0 Å². The average molecular weight is 352 g/mol. The Kier molecular flexibility index (Phi) is 18.2. The molecule has 0 N–H and O–H groups in total. The van der Waals surface area contributed by atoms with Crippen molar-refractivity contribution in [3.05, 3.63) is 0 Å². The number of rotatable bonds is 12. The zero-order valence-electron chi connectivity index (χ0n) is 16.5. The molecule has 0 rings (SSSR count). The number of esters is 1. The molecule has 146 valence electrons. The molecule has 0 saturated heterocycles. The van der Waals surface area contributed by atoms with Gasteiger partial charge in [0.15, 0.2) is 0 Å². The first-order valence-electron chi connectivity index (χ1n) is 8.17. The monoisotopic (exact) mass is 352 g/mol. The summed E-state index contributed by atoms with van der Waals surface area (Å²) in [6.07, 6.45) is 0.299. The maximum absolute atomic E-state index is 10.4. The molecular weight excluding hydrogens is 316 g/mol. The Hall–Kier alpha value is -0.730. The van der Waals surface area contributed by atoms with Crippen molar-refractivity contribution >= 4 is 5.97 Å². The van der Waals surface area contributed by atoms with E-state index in [1.54, 1.807) is 21.3 Å². The summed E-state index contributed by atoms with van der Waals surface area (Å²) in [5.74, 6) is -0.282. The van der Waals surface area contributed by atoms with Crippen molar-refractivity contribution in [1.29, 1.82) is 0 Å². The molecule has 0 amide bonds. The van der Waals surface area contributed by atoms with Crippen LogP contribution in [0.1, 0.15) is 34.6 Å².